The van der Waals surface area contributed by atoms with Gasteiger partial charge in [0.05, 0.1) is 11.6 Å². The van der Waals surface area contributed by atoms with E-state index in [2.05, 4.69) is 0 Å². The quantitative estimate of drug-likeness (QED) is 0.463. The van der Waals surface area contributed by atoms with Gasteiger partial charge in [0.2, 0.25) is 0 Å². The molecule has 0 aromatic carbocycles. The molecule has 0 saturated carbocycles. The first-order valence-corrected chi connectivity index (χ1v) is 5.63. The van der Waals surface area contributed by atoms with Gasteiger partial charge in [0.25, 0.3) is 0 Å². The van der Waals surface area contributed by atoms with Gasteiger partial charge in [-0.25, -0.2) is 0 Å². The lowest BCUT2D eigenvalue weighted by Crippen LogP contribution is -2.24. The van der Waals surface area contributed by atoms with Crippen LogP contribution in [0.2, 0.25) is 12.1 Å². The third-order valence-corrected chi connectivity index (χ3v) is 2.99. The Bertz CT molecular complexity index is 136. The summed E-state index contributed by atoms with van der Waals surface area (Å²) in [4.78, 5) is 0. The van der Waals surface area contributed by atoms with Crippen molar-refractivity contribution in [3.05, 3.63) is 0 Å². The van der Waals surface area contributed by atoms with E-state index in [0.717, 1.165) is 6.55 Å². The number of hydrogen-bond donors (Lipinski definition) is 0. The molecule has 4 heteroatoms. The molecule has 0 aliphatic carbocycles. The average molecular weight is 163 g/mol. The fourth-order valence-corrected chi connectivity index (χ4v) is 1.74. The molecule has 58 valence electrons. The van der Waals surface area contributed by atoms with Gasteiger partial charge < -0.3 is 0 Å². The van der Waals surface area contributed by atoms with Crippen molar-refractivity contribution in [1.29, 1.82) is 5.26 Å². The van der Waals surface area contributed by atoms with Crippen molar-refractivity contribution < 1.29 is 8.22 Å². The Hall–Kier alpha value is -0.433. The lowest BCUT2D eigenvalue weighted by Gasteiger charge is -2.11. The second kappa shape index (κ2) is 3.67. The Morgan fingerprint density at radius 1 is 1.60 bits per heavy atom. The van der Waals surface area contributed by atoms with Crippen LogP contribution < -0.4 is 0 Å². The molecule has 0 bridgehead atoms. The molecule has 0 aromatic rings. The Balaban J connectivity index is 3.98. The topological polar surface area (TPSA) is 23.8 Å². The third kappa shape index (κ3) is 2.92. The zero-order valence-corrected chi connectivity index (χ0v) is 7.19. The lowest BCUT2D eigenvalue weighted by atomic mass is 10.3. The minimum absolute atomic E-state index is 0.340. The van der Waals surface area contributed by atoms with E-state index >= 15 is 0 Å². The second-order valence-corrected chi connectivity index (χ2v) is 5.04. The summed E-state index contributed by atoms with van der Waals surface area (Å²) < 4.78 is 25.0. The van der Waals surface area contributed by atoms with Crippen LogP contribution in [0.4, 0.5) is 8.22 Å². The average Bonchev–Trinajstić information content (AvgIpc) is 1.80. The summed E-state index contributed by atoms with van der Waals surface area (Å²) >= 11 is 0. The first-order valence-electron chi connectivity index (χ1n) is 3.29. The molecule has 0 rings (SSSR count). The Labute approximate surface area is 61.0 Å². The highest BCUT2D eigenvalue weighted by Gasteiger charge is 2.38. The largest absolute Gasteiger partial charge is 0.438 e. The van der Waals surface area contributed by atoms with Crippen molar-refractivity contribution in [3.63, 3.8) is 0 Å². The highest BCUT2D eigenvalue weighted by Crippen LogP contribution is 2.27. The van der Waals surface area contributed by atoms with E-state index in [9.17, 15) is 8.22 Å². The van der Waals surface area contributed by atoms with E-state index in [4.69, 9.17) is 5.26 Å². The summed E-state index contributed by atoms with van der Waals surface area (Å²) in [6, 6.07) is 1.65. The summed E-state index contributed by atoms with van der Waals surface area (Å²) in [7, 11) is -4.17. The van der Waals surface area contributed by atoms with Gasteiger partial charge in [-0.1, -0.05) is 13.3 Å². The molecule has 0 heterocycles. The molecular formula is C6H11F2NSi. The number of rotatable bonds is 3. The molecule has 0 N–H and O–H groups in total. The molecule has 0 aromatic heterocycles. The van der Waals surface area contributed by atoms with Crippen LogP contribution in [0.25, 0.3) is 0 Å². The van der Waals surface area contributed by atoms with Crippen molar-refractivity contribution >= 4 is 8.74 Å². The molecule has 10 heavy (non-hydrogen) atoms. The maximum absolute atomic E-state index is 12.5. The molecule has 0 aliphatic rings. The number of nitrogens with zero attached hydrogens (tertiary/aromatic N) is 1. The zero-order valence-electron chi connectivity index (χ0n) is 6.19. The van der Waals surface area contributed by atoms with Crippen LogP contribution in [0.15, 0.2) is 0 Å². The molecule has 0 radical (unpaired) electrons. The predicted octanol–water partition coefficient (Wildman–Crippen LogP) is 2.69. The van der Waals surface area contributed by atoms with Gasteiger partial charge in [-0.15, -0.1) is 0 Å². The molecule has 1 atom stereocenters. The van der Waals surface area contributed by atoms with Crippen molar-refractivity contribution in [2.45, 2.75) is 31.9 Å². The van der Waals surface area contributed by atoms with E-state index in [1.165, 1.54) is 0 Å². The van der Waals surface area contributed by atoms with Crippen molar-refractivity contribution in [2.75, 3.05) is 0 Å². The zero-order chi connectivity index (χ0) is 8.20. The SMILES string of the molecule is CCCC(C#N)[Si](C)(F)F. The Morgan fingerprint density at radius 2 is 2.10 bits per heavy atom. The van der Waals surface area contributed by atoms with Gasteiger partial charge in [-0.05, 0) is 13.0 Å². The Kier molecular flexibility index (Phi) is 3.51. The standard InChI is InChI=1S/C6H11F2NSi/c1-3-4-6(5-9)10(2,7)8/h6H,3-4H2,1-2H3. The highest BCUT2D eigenvalue weighted by molar-refractivity contribution is 6.67. The smallest absolute Gasteiger partial charge is 0.269 e. The first kappa shape index (κ1) is 9.57. The molecule has 0 saturated heterocycles. The first-order chi connectivity index (χ1) is 4.52. The van der Waals surface area contributed by atoms with E-state index in [0.29, 0.717) is 12.8 Å². The van der Waals surface area contributed by atoms with Crippen LogP contribution in [0.1, 0.15) is 19.8 Å². The highest BCUT2D eigenvalue weighted by atomic mass is 28.4. The summed E-state index contributed by atoms with van der Waals surface area (Å²) in [5.41, 5.74) is -0.975. The molecule has 1 nitrogen and oxygen atoms in total. The van der Waals surface area contributed by atoms with Gasteiger partial charge in [0, 0.05) is 0 Å². The summed E-state index contributed by atoms with van der Waals surface area (Å²) in [6.45, 7) is 2.74. The van der Waals surface area contributed by atoms with Crippen LogP contribution in [-0.2, 0) is 0 Å². The Morgan fingerprint density at radius 3 is 2.20 bits per heavy atom. The van der Waals surface area contributed by atoms with Gasteiger partial charge in [-0.2, -0.15) is 5.26 Å². The number of nitriles is 1. The van der Waals surface area contributed by atoms with Crippen LogP contribution >= 0.6 is 0 Å². The van der Waals surface area contributed by atoms with Crippen LogP contribution in [0.3, 0.4) is 0 Å². The second-order valence-electron chi connectivity index (χ2n) is 2.43. The minimum Gasteiger partial charge on any atom is -0.269 e. The summed E-state index contributed by atoms with van der Waals surface area (Å²) in [6.07, 6.45) is 1.00. The number of halogens is 2. The van der Waals surface area contributed by atoms with E-state index in [1.807, 2.05) is 6.92 Å². The van der Waals surface area contributed by atoms with E-state index < -0.39 is 14.3 Å². The van der Waals surface area contributed by atoms with Crippen molar-refractivity contribution in [1.82, 2.24) is 0 Å². The maximum Gasteiger partial charge on any atom is 0.438 e. The van der Waals surface area contributed by atoms with Gasteiger partial charge in [0.15, 0.2) is 0 Å². The van der Waals surface area contributed by atoms with Crippen molar-refractivity contribution in [3.8, 4) is 6.07 Å². The lowest BCUT2D eigenvalue weighted by molar-refractivity contribution is 0.569. The third-order valence-electron chi connectivity index (χ3n) is 1.35. The molecule has 0 fully saturated rings. The number of hydrogen-bond acceptors (Lipinski definition) is 1. The van der Waals surface area contributed by atoms with Crippen LogP contribution in [0.5, 0.6) is 0 Å². The molecule has 1 unspecified atom stereocenters. The molecule has 0 spiro atoms. The molecule has 0 amide bonds. The van der Waals surface area contributed by atoms with Gasteiger partial charge in [0.1, 0.15) is 0 Å². The fraction of sp³-hybridized carbons (Fsp3) is 0.833. The normalized spacial score (nSPS) is 14.3. The maximum atomic E-state index is 12.5. The molecular weight excluding hydrogens is 152 g/mol. The van der Waals surface area contributed by atoms with Crippen LogP contribution in [0, 0.1) is 11.3 Å². The van der Waals surface area contributed by atoms with E-state index in [1.54, 1.807) is 6.07 Å². The minimum atomic E-state index is -4.17. The summed E-state index contributed by atoms with van der Waals surface area (Å²) in [5, 5.41) is 8.30. The fourth-order valence-electron chi connectivity index (χ4n) is 0.720. The molecule has 0 aliphatic heterocycles. The van der Waals surface area contributed by atoms with Gasteiger partial charge >= 0.3 is 8.74 Å². The predicted molar refractivity (Wildman–Crippen MR) is 38.1 cm³/mol. The summed E-state index contributed by atoms with van der Waals surface area (Å²) in [5.74, 6) is 0. The van der Waals surface area contributed by atoms with Crippen LogP contribution in [-0.4, -0.2) is 8.74 Å². The van der Waals surface area contributed by atoms with Gasteiger partial charge in [-0.3, -0.25) is 8.22 Å². The van der Waals surface area contributed by atoms with E-state index in [-0.39, 0.29) is 0 Å². The monoisotopic (exact) mass is 163 g/mol. The van der Waals surface area contributed by atoms with Crippen molar-refractivity contribution in [2.24, 2.45) is 0 Å².